The molecule has 4 aromatic rings. The molecule has 31 heavy (non-hydrogen) atoms. The fraction of sp³-hybridized carbons (Fsp3) is 0.154. The summed E-state index contributed by atoms with van der Waals surface area (Å²) in [7, 11) is 0. The second-order valence-electron chi connectivity index (χ2n) is 7.08. The summed E-state index contributed by atoms with van der Waals surface area (Å²) in [6, 6.07) is 26.0. The summed E-state index contributed by atoms with van der Waals surface area (Å²) in [6.45, 7) is 2.90. The molecule has 0 spiro atoms. The minimum Gasteiger partial charge on any atom is -0.494 e. The van der Waals surface area contributed by atoms with Crippen LogP contribution in [0.4, 0.5) is 5.13 Å². The number of rotatable bonds is 8. The van der Waals surface area contributed by atoms with Crippen molar-refractivity contribution in [2.24, 2.45) is 4.99 Å². The number of hydrogen-bond acceptors (Lipinski definition) is 4. The molecule has 5 heteroatoms. The van der Waals surface area contributed by atoms with Crippen LogP contribution in [0.25, 0.3) is 21.7 Å². The molecule has 156 valence electrons. The Morgan fingerprint density at radius 2 is 1.68 bits per heavy atom. The van der Waals surface area contributed by atoms with E-state index >= 15 is 0 Å². The van der Waals surface area contributed by atoms with E-state index < -0.39 is 0 Å². The molecular weight excluding hydrogens is 424 g/mol. The van der Waals surface area contributed by atoms with Crippen LogP contribution in [0.5, 0.6) is 5.75 Å². The predicted octanol–water partition coefficient (Wildman–Crippen LogP) is 8.06. The van der Waals surface area contributed by atoms with E-state index in [4.69, 9.17) is 21.3 Å². The third-order valence-corrected chi connectivity index (χ3v) is 6.00. The predicted molar refractivity (Wildman–Crippen MR) is 132 cm³/mol. The first-order valence-corrected chi connectivity index (χ1v) is 11.5. The number of ether oxygens (including phenoxy) is 1. The minimum absolute atomic E-state index is 0.709. The molecule has 0 saturated heterocycles. The van der Waals surface area contributed by atoms with Crippen LogP contribution in [0.15, 0.2) is 83.9 Å². The van der Waals surface area contributed by atoms with E-state index in [1.807, 2.05) is 72.9 Å². The summed E-state index contributed by atoms with van der Waals surface area (Å²) in [4.78, 5) is 10.6. The molecule has 3 aromatic carbocycles. The Kier molecular flexibility index (Phi) is 7.13. The van der Waals surface area contributed by atoms with E-state index in [-0.39, 0.29) is 0 Å². The summed E-state index contributed by atoms with van der Waals surface area (Å²) in [5.41, 5.74) is 4.07. The Labute approximate surface area is 192 Å². The minimum atomic E-state index is 0.709. The molecule has 3 nitrogen and oxygen atoms in total. The maximum Gasteiger partial charge on any atom is 0.210 e. The van der Waals surface area contributed by atoms with Crippen LogP contribution in [0.2, 0.25) is 5.02 Å². The van der Waals surface area contributed by atoms with E-state index in [0.717, 1.165) is 52.5 Å². The zero-order valence-corrected chi connectivity index (χ0v) is 18.9. The second-order valence-corrected chi connectivity index (χ2v) is 8.49. The van der Waals surface area contributed by atoms with Gasteiger partial charge in [-0.15, -0.1) is 0 Å². The van der Waals surface area contributed by atoms with Crippen molar-refractivity contribution in [3.8, 4) is 27.4 Å². The highest BCUT2D eigenvalue weighted by molar-refractivity contribution is 7.19. The molecule has 0 bridgehead atoms. The summed E-state index contributed by atoms with van der Waals surface area (Å²) < 4.78 is 5.73. The molecule has 0 saturated carbocycles. The van der Waals surface area contributed by atoms with Crippen molar-refractivity contribution in [3.63, 3.8) is 0 Å². The van der Waals surface area contributed by atoms with Crippen molar-refractivity contribution in [1.82, 2.24) is 4.98 Å². The standard InChI is InChI=1S/C26H23ClN2OS/c1-2-3-17-30-23-15-9-19(10-16-23)18-28-26-29-24(20-11-13-22(27)14-12-20)25(31-26)21-7-5-4-6-8-21/h4-16,18H,2-3,17H2,1H3. The van der Waals surface area contributed by atoms with Crippen LogP contribution in [0.1, 0.15) is 25.3 Å². The third kappa shape index (κ3) is 5.60. The van der Waals surface area contributed by atoms with Gasteiger partial charge in [-0.25, -0.2) is 9.98 Å². The molecule has 0 N–H and O–H groups in total. The molecule has 0 radical (unpaired) electrons. The molecule has 0 fully saturated rings. The largest absolute Gasteiger partial charge is 0.494 e. The molecule has 1 heterocycles. The van der Waals surface area contributed by atoms with E-state index in [1.54, 1.807) is 11.3 Å². The summed E-state index contributed by atoms with van der Waals surface area (Å²) in [5.74, 6) is 0.885. The van der Waals surface area contributed by atoms with Gasteiger partial charge in [0, 0.05) is 16.8 Å². The van der Waals surface area contributed by atoms with Gasteiger partial charge in [0.05, 0.1) is 17.2 Å². The van der Waals surface area contributed by atoms with Crippen molar-refractivity contribution in [3.05, 3.63) is 89.4 Å². The smallest absolute Gasteiger partial charge is 0.210 e. The quantitative estimate of drug-likeness (QED) is 0.202. The summed E-state index contributed by atoms with van der Waals surface area (Å²) >= 11 is 7.66. The van der Waals surface area contributed by atoms with Crippen molar-refractivity contribution in [1.29, 1.82) is 0 Å². The van der Waals surface area contributed by atoms with Crippen LogP contribution >= 0.6 is 22.9 Å². The Bertz CT molecular complexity index is 1140. The molecule has 1 aromatic heterocycles. The number of halogens is 1. The van der Waals surface area contributed by atoms with Gasteiger partial charge in [-0.05, 0) is 53.9 Å². The van der Waals surface area contributed by atoms with Gasteiger partial charge >= 0.3 is 0 Å². The number of nitrogens with zero attached hydrogens (tertiary/aromatic N) is 2. The normalized spacial score (nSPS) is 11.2. The van der Waals surface area contributed by atoms with E-state index in [0.29, 0.717) is 10.2 Å². The van der Waals surface area contributed by atoms with Crippen LogP contribution in [-0.2, 0) is 0 Å². The number of benzene rings is 3. The zero-order chi connectivity index (χ0) is 21.5. The molecule has 0 aliphatic heterocycles. The molecule has 0 atom stereocenters. The van der Waals surface area contributed by atoms with Crippen LogP contribution in [0, 0.1) is 0 Å². The molecule has 4 rings (SSSR count). The molecule has 0 aliphatic carbocycles. The Balaban J connectivity index is 1.59. The highest BCUT2D eigenvalue weighted by Gasteiger charge is 2.14. The van der Waals surface area contributed by atoms with Crippen molar-refractivity contribution < 1.29 is 4.74 Å². The van der Waals surface area contributed by atoms with Gasteiger partial charge < -0.3 is 4.74 Å². The lowest BCUT2D eigenvalue weighted by atomic mass is 10.1. The van der Waals surface area contributed by atoms with Gasteiger partial charge in [0.2, 0.25) is 5.13 Å². The molecule has 0 amide bonds. The number of aromatic nitrogens is 1. The van der Waals surface area contributed by atoms with Gasteiger partial charge in [-0.1, -0.05) is 78.7 Å². The fourth-order valence-corrected chi connectivity index (χ4v) is 4.13. The highest BCUT2D eigenvalue weighted by Crippen LogP contribution is 2.40. The van der Waals surface area contributed by atoms with Crippen molar-refractivity contribution >= 4 is 34.3 Å². The number of aliphatic imine (C=N–C) groups is 1. The van der Waals surface area contributed by atoms with Gasteiger partial charge in [0.1, 0.15) is 5.75 Å². The molecular formula is C26H23ClN2OS. The van der Waals surface area contributed by atoms with Crippen LogP contribution in [-0.4, -0.2) is 17.8 Å². The van der Waals surface area contributed by atoms with Gasteiger partial charge in [0.25, 0.3) is 0 Å². The Morgan fingerprint density at radius 3 is 2.39 bits per heavy atom. The fourth-order valence-electron chi connectivity index (χ4n) is 3.07. The number of unbranched alkanes of at least 4 members (excludes halogenated alkanes) is 1. The lowest BCUT2D eigenvalue weighted by Crippen LogP contribution is -1.96. The van der Waals surface area contributed by atoms with Gasteiger partial charge in [0.15, 0.2) is 0 Å². The SMILES string of the molecule is CCCCOc1ccc(C=Nc2nc(-c3ccc(Cl)cc3)c(-c3ccccc3)s2)cc1. The first-order valence-electron chi connectivity index (χ1n) is 10.3. The topological polar surface area (TPSA) is 34.5 Å². The maximum atomic E-state index is 6.07. The number of hydrogen-bond donors (Lipinski definition) is 0. The second kappa shape index (κ2) is 10.4. The van der Waals surface area contributed by atoms with E-state index in [2.05, 4.69) is 24.0 Å². The lowest BCUT2D eigenvalue weighted by molar-refractivity contribution is 0.309. The lowest BCUT2D eigenvalue weighted by Gasteiger charge is -2.04. The van der Waals surface area contributed by atoms with Gasteiger partial charge in [-0.3, -0.25) is 0 Å². The zero-order valence-electron chi connectivity index (χ0n) is 17.3. The monoisotopic (exact) mass is 446 g/mol. The first-order chi connectivity index (χ1) is 15.2. The first kappa shape index (κ1) is 21.3. The van der Waals surface area contributed by atoms with Crippen molar-refractivity contribution in [2.75, 3.05) is 6.61 Å². The summed E-state index contributed by atoms with van der Waals surface area (Å²) in [5, 5.41) is 1.42. The third-order valence-electron chi connectivity index (χ3n) is 4.74. The average Bonchev–Trinajstić information content (AvgIpc) is 3.24. The Hall–Kier alpha value is -2.95. The molecule has 0 aliphatic rings. The van der Waals surface area contributed by atoms with Crippen molar-refractivity contribution in [2.45, 2.75) is 19.8 Å². The van der Waals surface area contributed by atoms with Crippen LogP contribution in [0.3, 0.4) is 0 Å². The Morgan fingerprint density at radius 1 is 0.935 bits per heavy atom. The van der Waals surface area contributed by atoms with Gasteiger partial charge in [-0.2, -0.15) is 0 Å². The van der Waals surface area contributed by atoms with E-state index in [9.17, 15) is 0 Å². The number of thiazole rings is 1. The average molecular weight is 447 g/mol. The highest BCUT2D eigenvalue weighted by atomic mass is 35.5. The van der Waals surface area contributed by atoms with E-state index in [1.165, 1.54) is 0 Å². The maximum absolute atomic E-state index is 6.07. The van der Waals surface area contributed by atoms with Crippen LogP contribution < -0.4 is 4.74 Å². The summed E-state index contributed by atoms with van der Waals surface area (Å²) in [6.07, 6.45) is 4.03. The molecule has 0 unspecified atom stereocenters.